The summed E-state index contributed by atoms with van der Waals surface area (Å²) in [6.45, 7) is 0. The van der Waals surface area contributed by atoms with Crippen molar-refractivity contribution in [1.82, 2.24) is 0 Å². The van der Waals surface area contributed by atoms with Crippen molar-refractivity contribution in [3.05, 3.63) is 69.7 Å². The highest BCUT2D eigenvalue weighted by Crippen LogP contribution is 2.27. The van der Waals surface area contributed by atoms with Gasteiger partial charge in [-0.1, -0.05) is 59.6 Å². The Bertz CT molecular complexity index is 648. The average molecular weight is 293 g/mol. The smallest absolute Gasteiger partial charge is 0.336 e. The lowest BCUT2D eigenvalue weighted by molar-refractivity contribution is -0.130. The Morgan fingerprint density at radius 3 is 2.11 bits per heavy atom. The number of hydrogen-bond acceptors (Lipinski definition) is 1. The molecule has 0 fully saturated rings. The predicted octanol–water partition coefficient (Wildman–Crippen LogP) is 4.62. The number of benzene rings is 2. The Labute approximate surface area is 120 Å². The standard InChI is InChI=1S/C15H10Cl2O2/c16-13-7-3-1-5-10(13)9-12(15(18)19)11-6-2-4-8-14(11)17/h1-9H,(H,18,19)/b12-9+. The molecular formula is C15H10Cl2O2. The largest absolute Gasteiger partial charge is 0.478 e. The van der Waals surface area contributed by atoms with Crippen LogP contribution in [0.25, 0.3) is 11.6 Å². The maximum absolute atomic E-state index is 11.4. The maximum Gasteiger partial charge on any atom is 0.336 e. The number of carboxylic acid groups (broad SMARTS) is 1. The Morgan fingerprint density at radius 1 is 0.947 bits per heavy atom. The van der Waals surface area contributed by atoms with Crippen molar-refractivity contribution in [2.45, 2.75) is 0 Å². The van der Waals surface area contributed by atoms with Gasteiger partial charge in [-0.15, -0.1) is 0 Å². The molecule has 4 heteroatoms. The van der Waals surface area contributed by atoms with Crippen LogP contribution in [0, 0.1) is 0 Å². The topological polar surface area (TPSA) is 37.3 Å². The van der Waals surface area contributed by atoms with E-state index in [1.807, 2.05) is 0 Å². The highest BCUT2D eigenvalue weighted by Gasteiger charge is 2.14. The van der Waals surface area contributed by atoms with Gasteiger partial charge in [-0.05, 0) is 23.8 Å². The van der Waals surface area contributed by atoms with Gasteiger partial charge in [0.2, 0.25) is 0 Å². The Kier molecular flexibility index (Phi) is 4.25. The fraction of sp³-hybridized carbons (Fsp3) is 0. The molecule has 0 aliphatic heterocycles. The van der Waals surface area contributed by atoms with Crippen LogP contribution in [0.3, 0.4) is 0 Å². The Balaban J connectivity index is 2.57. The van der Waals surface area contributed by atoms with Gasteiger partial charge in [0.25, 0.3) is 0 Å². The van der Waals surface area contributed by atoms with Gasteiger partial charge in [0.1, 0.15) is 0 Å². The van der Waals surface area contributed by atoms with Crippen LogP contribution in [-0.2, 0) is 4.79 Å². The van der Waals surface area contributed by atoms with E-state index in [1.165, 1.54) is 6.08 Å². The van der Waals surface area contributed by atoms with Gasteiger partial charge in [-0.3, -0.25) is 0 Å². The van der Waals surface area contributed by atoms with Crippen molar-refractivity contribution in [2.24, 2.45) is 0 Å². The van der Waals surface area contributed by atoms with Crippen molar-refractivity contribution in [2.75, 3.05) is 0 Å². The Morgan fingerprint density at radius 2 is 1.53 bits per heavy atom. The summed E-state index contributed by atoms with van der Waals surface area (Å²) in [5.74, 6) is -1.05. The van der Waals surface area contributed by atoms with E-state index in [9.17, 15) is 9.90 Å². The molecule has 2 nitrogen and oxygen atoms in total. The van der Waals surface area contributed by atoms with E-state index in [2.05, 4.69) is 0 Å². The van der Waals surface area contributed by atoms with E-state index >= 15 is 0 Å². The quantitative estimate of drug-likeness (QED) is 0.662. The first-order valence-electron chi connectivity index (χ1n) is 5.54. The van der Waals surface area contributed by atoms with Crippen LogP contribution in [0.1, 0.15) is 11.1 Å². The molecule has 0 unspecified atom stereocenters. The van der Waals surface area contributed by atoms with Gasteiger partial charge in [0.15, 0.2) is 0 Å². The van der Waals surface area contributed by atoms with Crippen molar-refractivity contribution < 1.29 is 9.90 Å². The fourth-order valence-corrected chi connectivity index (χ4v) is 2.11. The third-order valence-corrected chi connectivity index (χ3v) is 3.27. The SMILES string of the molecule is O=C(O)/C(=C/c1ccccc1Cl)c1ccccc1Cl. The molecule has 0 aromatic heterocycles. The zero-order chi connectivity index (χ0) is 13.8. The summed E-state index contributed by atoms with van der Waals surface area (Å²) in [5, 5.41) is 10.2. The molecule has 0 radical (unpaired) electrons. The lowest BCUT2D eigenvalue weighted by Gasteiger charge is -2.06. The van der Waals surface area contributed by atoms with Crippen LogP contribution in [0.5, 0.6) is 0 Å². The lowest BCUT2D eigenvalue weighted by Crippen LogP contribution is -2.00. The van der Waals surface area contributed by atoms with Crippen LogP contribution >= 0.6 is 23.2 Å². The molecule has 0 saturated carbocycles. The molecule has 0 heterocycles. The Hall–Kier alpha value is -1.77. The van der Waals surface area contributed by atoms with Gasteiger partial charge in [0.05, 0.1) is 5.57 Å². The normalized spacial score (nSPS) is 11.4. The van der Waals surface area contributed by atoms with Gasteiger partial charge >= 0.3 is 5.97 Å². The summed E-state index contributed by atoms with van der Waals surface area (Å²) < 4.78 is 0. The molecule has 19 heavy (non-hydrogen) atoms. The van der Waals surface area contributed by atoms with Crippen LogP contribution in [-0.4, -0.2) is 11.1 Å². The van der Waals surface area contributed by atoms with Crippen LogP contribution in [0.15, 0.2) is 48.5 Å². The zero-order valence-electron chi connectivity index (χ0n) is 9.81. The summed E-state index contributed by atoms with van der Waals surface area (Å²) in [5.41, 5.74) is 1.22. The number of halogens is 2. The van der Waals surface area contributed by atoms with E-state index in [0.717, 1.165) is 0 Å². The second-order valence-corrected chi connectivity index (χ2v) is 4.68. The van der Waals surface area contributed by atoms with Crippen molar-refractivity contribution >= 4 is 40.8 Å². The first-order chi connectivity index (χ1) is 9.09. The summed E-state index contributed by atoms with van der Waals surface area (Å²) in [4.78, 5) is 11.4. The van der Waals surface area contributed by atoms with Crippen LogP contribution in [0.2, 0.25) is 10.0 Å². The van der Waals surface area contributed by atoms with Gasteiger partial charge in [-0.2, -0.15) is 0 Å². The summed E-state index contributed by atoms with van der Waals surface area (Å²) in [6, 6.07) is 13.9. The van der Waals surface area contributed by atoms with Crippen LogP contribution < -0.4 is 0 Å². The van der Waals surface area contributed by atoms with E-state index in [1.54, 1.807) is 48.5 Å². The summed E-state index contributed by atoms with van der Waals surface area (Å²) in [6.07, 6.45) is 1.52. The van der Waals surface area contributed by atoms with E-state index in [0.29, 0.717) is 21.2 Å². The number of aliphatic carboxylic acids is 1. The van der Waals surface area contributed by atoms with E-state index in [-0.39, 0.29) is 5.57 Å². The molecule has 0 spiro atoms. The second-order valence-electron chi connectivity index (χ2n) is 3.86. The van der Waals surface area contributed by atoms with E-state index < -0.39 is 5.97 Å². The molecule has 0 saturated heterocycles. The molecule has 0 atom stereocenters. The molecule has 1 N–H and O–H groups in total. The van der Waals surface area contributed by atoms with Crippen LogP contribution in [0.4, 0.5) is 0 Å². The molecule has 2 aromatic carbocycles. The summed E-state index contributed by atoms with van der Waals surface area (Å²) in [7, 11) is 0. The minimum absolute atomic E-state index is 0.110. The minimum Gasteiger partial charge on any atom is -0.478 e. The van der Waals surface area contributed by atoms with Gasteiger partial charge < -0.3 is 5.11 Å². The van der Waals surface area contributed by atoms with Gasteiger partial charge in [-0.25, -0.2) is 4.79 Å². The first kappa shape index (κ1) is 13.7. The number of rotatable bonds is 3. The predicted molar refractivity (Wildman–Crippen MR) is 78.4 cm³/mol. The third kappa shape index (κ3) is 3.16. The summed E-state index contributed by atoms with van der Waals surface area (Å²) >= 11 is 12.1. The number of carboxylic acids is 1. The molecule has 0 amide bonds. The third-order valence-electron chi connectivity index (χ3n) is 2.60. The monoisotopic (exact) mass is 292 g/mol. The second kappa shape index (κ2) is 5.91. The molecular weight excluding hydrogens is 283 g/mol. The maximum atomic E-state index is 11.4. The highest BCUT2D eigenvalue weighted by atomic mass is 35.5. The van der Waals surface area contributed by atoms with E-state index in [4.69, 9.17) is 23.2 Å². The van der Waals surface area contributed by atoms with Gasteiger partial charge in [0, 0.05) is 15.6 Å². The minimum atomic E-state index is -1.05. The molecule has 96 valence electrons. The average Bonchev–Trinajstić information content (AvgIpc) is 2.38. The lowest BCUT2D eigenvalue weighted by atomic mass is 10.0. The fourth-order valence-electron chi connectivity index (χ4n) is 1.68. The zero-order valence-corrected chi connectivity index (χ0v) is 11.3. The molecule has 0 aliphatic carbocycles. The van der Waals surface area contributed by atoms with Crippen molar-refractivity contribution in [3.8, 4) is 0 Å². The molecule has 0 aliphatic rings. The molecule has 2 aromatic rings. The van der Waals surface area contributed by atoms with Crippen molar-refractivity contribution in [1.29, 1.82) is 0 Å². The molecule has 0 bridgehead atoms. The number of hydrogen-bond donors (Lipinski definition) is 1. The first-order valence-corrected chi connectivity index (χ1v) is 6.29. The number of carbonyl (C=O) groups is 1. The molecule has 2 rings (SSSR count). The highest BCUT2D eigenvalue weighted by molar-refractivity contribution is 6.36. The van der Waals surface area contributed by atoms with Crippen molar-refractivity contribution in [3.63, 3.8) is 0 Å².